The van der Waals surface area contributed by atoms with Gasteiger partial charge in [0.25, 0.3) is 0 Å². The van der Waals surface area contributed by atoms with Crippen LogP contribution < -0.4 is 9.46 Å². The molecular weight excluding hydrogens is 483 g/mol. The summed E-state index contributed by atoms with van der Waals surface area (Å²) in [5, 5.41) is 10.3. The van der Waals surface area contributed by atoms with Crippen molar-refractivity contribution in [2.75, 3.05) is 6.61 Å². The van der Waals surface area contributed by atoms with Gasteiger partial charge >= 0.3 is 5.97 Å². The molecule has 0 bridgehead atoms. The second-order valence-corrected chi connectivity index (χ2v) is 10.5. The van der Waals surface area contributed by atoms with Crippen molar-refractivity contribution >= 4 is 26.8 Å². The molecule has 1 fully saturated rings. The summed E-state index contributed by atoms with van der Waals surface area (Å²) in [4.78, 5) is 12.4. The van der Waals surface area contributed by atoms with Gasteiger partial charge in [-0.3, -0.25) is 4.79 Å². The fourth-order valence-electron chi connectivity index (χ4n) is 4.42. The molecule has 0 amide bonds. The van der Waals surface area contributed by atoms with E-state index in [1.807, 2.05) is 6.07 Å². The molecule has 1 aliphatic rings. The van der Waals surface area contributed by atoms with E-state index in [0.29, 0.717) is 29.5 Å². The van der Waals surface area contributed by atoms with E-state index in [2.05, 4.69) is 4.72 Å². The van der Waals surface area contributed by atoms with Gasteiger partial charge in [0.1, 0.15) is 18.2 Å². The Bertz CT molecular complexity index is 1420. The predicted molar refractivity (Wildman–Crippen MR) is 132 cm³/mol. The number of ether oxygens (including phenoxy) is 2. The van der Waals surface area contributed by atoms with E-state index < -0.39 is 27.8 Å². The lowest BCUT2D eigenvalue weighted by molar-refractivity contribution is -0.149. The van der Waals surface area contributed by atoms with E-state index in [0.717, 1.165) is 24.3 Å². The van der Waals surface area contributed by atoms with E-state index in [4.69, 9.17) is 14.7 Å². The first-order valence-electron chi connectivity index (χ1n) is 11.8. The quantitative estimate of drug-likeness (QED) is 0.435. The minimum atomic E-state index is -3.85. The minimum Gasteiger partial charge on any atom is -0.489 e. The van der Waals surface area contributed by atoms with E-state index in [1.165, 1.54) is 18.2 Å². The first kappa shape index (κ1) is 25.6. The Hall–Kier alpha value is -3.48. The maximum absolute atomic E-state index is 14.1. The summed E-state index contributed by atoms with van der Waals surface area (Å²) < 4.78 is 53.9. The van der Waals surface area contributed by atoms with E-state index in [1.54, 1.807) is 37.3 Å². The largest absolute Gasteiger partial charge is 0.489 e. The van der Waals surface area contributed by atoms with Crippen LogP contribution in [-0.4, -0.2) is 27.0 Å². The highest BCUT2D eigenvalue weighted by Gasteiger charge is 2.35. The van der Waals surface area contributed by atoms with E-state index >= 15 is 0 Å². The van der Waals surface area contributed by atoms with Crippen molar-refractivity contribution in [1.29, 1.82) is 5.26 Å². The van der Waals surface area contributed by atoms with Gasteiger partial charge in [0, 0.05) is 11.6 Å². The number of hydrogen-bond donors (Lipinski definition) is 1. The third-order valence-corrected chi connectivity index (χ3v) is 7.82. The van der Waals surface area contributed by atoms with E-state index in [9.17, 15) is 17.6 Å². The molecule has 1 saturated carbocycles. The maximum Gasteiger partial charge on any atom is 0.310 e. The van der Waals surface area contributed by atoms with Gasteiger partial charge in [0.05, 0.1) is 29.1 Å². The van der Waals surface area contributed by atoms with Crippen molar-refractivity contribution in [2.24, 2.45) is 5.92 Å². The predicted octanol–water partition coefficient (Wildman–Crippen LogP) is 4.83. The lowest BCUT2D eigenvalue weighted by Gasteiger charge is -2.30. The Kier molecular flexibility index (Phi) is 7.87. The van der Waals surface area contributed by atoms with Crippen LogP contribution in [0.5, 0.6) is 5.75 Å². The maximum atomic E-state index is 14.1. The molecule has 4 rings (SSSR count). The van der Waals surface area contributed by atoms with E-state index in [-0.39, 0.29) is 29.6 Å². The van der Waals surface area contributed by atoms with Crippen LogP contribution >= 0.6 is 0 Å². The average Bonchev–Trinajstić information content (AvgIpc) is 2.87. The number of rotatable bonds is 8. The Morgan fingerprint density at radius 2 is 1.83 bits per heavy atom. The van der Waals surface area contributed by atoms with Gasteiger partial charge in [0.15, 0.2) is 0 Å². The first-order valence-corrected chi connectivity index (χ1v) is 13.3. The SMILES string of the molecule is CCOC(=O)[C@@H]1CCCC[C@H]1NS(=O)(=O)c1ccc2cc(OCc3ccc(C#N)cc3F)ccc2c1. The molecule has 0 aliphatic heterocycles. The van der Waals surface area contributed by atoms with Crippen LogP contribution in [0.25, 0.3) is 10.8 Å². The second kappa shape index (κ2) is 11.1. The van der Waals surface area contributed by atoms with Crippen molar-refractivity contribution in [3.05, 3.63) is 71.5 Å². The lowest BCUT2D eigenvalue weighted by atomic mass is 9.85. The van der Waals surface area contributed by atoms with Gasteiger partial charge in [-0.25, -0.2) is 17.5 Å². The molecule has 3 aromatic rings. The Morgan fingerprint density at radius 1 is 1.08 bits per heavy atom. The normalized spacial score (nSPS) is 17.9. The molecule has 2 atom stereocenters. The molecule has 0 saturated heterocycles. The molecule has 0 heterocycles. The van der Waals surface area contributed by atoms with Crippen molar-refractivity contribution < 1.29 is 27.1 Å². The summed E-state index contributed by atoms with van der Waals surface area (Å²) in [7, 11) is -3.85. The Labute approximate surface area is 209 Å². The van der Waals surface area contributed by atoms with Gasteiger partial charge in [-0.2, -0.15) is 5.26 Å². The van der Waals surface area contributed by atoms with Gasteiger partial charge in [-0.15, -0.1) is 0 Å². The van der Waals surface area contributed by atoms with Crippen LogP contribution in [0.4, 0.5) is 4.39 Å². The summed E-state index contributed by atoms with van der Waals surface area (Å²) in [6, 6.07) is 15.5. The molecule has 0 unspecified atom stereocenters. The number of hydrogen-bond acceptors (Lipinski definition) is 6. The fraction of sp³-hybridized carbons (Fsp3) is 0.333. The monoisotopic (exact) mass is 510 g/mol. The number of sulfonamides is 1. The molecule has 1 aliphatic carbocycles. The molecule has 0 spiro atoms. The number of fused-ring (bicyclic) bond motifs is 1. The van der Waals surface area contributed by atoms with Gasteiger partial charge < -0.3 is 9.47 Å². The summed E-state index contributed by atoms with van der Waals surface area (Å²) >= 11 is 0. The highest BCUT2D eigenvalue weighted by molar-refractivity contribution is 7.89. The lowest BCUT2D eigenvalue weighted by Crippen LogP contribution is -2.45. The minimum absolute atomic E-state index is 0.0115. The van der Waals surface area contributed by atoms with Crippen molar-refractivity contribution in [2.45, 2.75) is 50.2 Å². The number of nitrogens with zero attached hydrogens (tertiary/aromatic N) is 1. The number of halogens is 1. The van der Waals surface area contributed by atoms with Crippen LogP contribution in [0.15, 0.2) is 59.5 Å². The van der Waals surface area contributed by atoms with Crippen LogP contribution in [0.1, 0.15) is 43.7 Å². The summed E-state index contributed by atoms with van der Waals surface area (Å²) in [6.07, 6.45) is 2.88. The van der Waals surface area contributed by atoms with Gasteiger partial charge in [-0.05, 0) is 66.9 Å². The van der Waals surface area contributed by atoms with Crippen molar-refractivity contribution in [1.82, 2.24) is 4.72 Å². The zero-order valence-corrected chi connectivity index (χ0v) is 20.7. The molecule has 36 heavy (non-hydrogen) atoms. The highest BCUT2D eigenvalue weighted by Crippen LogP contribution is 2.29. The molecule has 7 nitrogen and oxygen atoms in total. The molecule has 3 aromatic carbocycles. The molecule has 0 aromatic heterocycles. The zero-order valence-electron chi connectivity index (χ0n) is 19.9. The average molecular weight is 511 g/mol. The standard InChI is InChI=1S/C27H27FN2O5S/c1-2-34-27(31)24-5-3-4-6-26(24)30-36(32,33)23-12-10-19-14-22(11-9-20(19)15-23)35-17-21-8-7-18(16-29)13-25(21)28/h7-15,24,26,30H,2-6,17H2,1H3/t24-,26-/m1/s1. The Balaban J connectivity index is 1.48. The molecule has 9 heteroatoms. The highest BCUT2D eigenvalue weighted by atomic mass is 32.2. The third kappa shape index (κ3) is 5.83. The smallest absolute Gasteiger partial charge is 0.310 e. The number of esters is 1. The van der Waals surface area contributed by atoms with Crippen LogP contribution in [0.3, 0.4) is 0 Å². The number of nitrogens with one attached hydrogen (secondary N) is 1. The van der Waals surface area contributed by atoms with Gasteiger partial charge in [0.2, 0.25) is 10.0 Å². The zero-order chi connectivity index (χ0) is 25.7. The van der Waals surface area contributed by atoms with Crippen molar-refractivity contribution in [3.63, 3.8) is 0 Å². The Morgan fingerprint density at radius 3 is 2.58 bits per heavy atom. The fourth-order valence-corrected chi connectivity index (χ4v) is 5.77. The summed E-state index contributed by atoms with van der Waals surface area (Å²) in [6.45, 7) is 1.98. The van der Waals surface area contributed by atoms with Crippen molar-refractivity contribution in [3.8, 4) is 11.8 Å². The first-order chi connectivity index (χ1) is 17.3. The second-order valence-electron chi connectivity index (χ2n) is 8.75. The van der Waals surface area contributed by atoms with Gasteiger partial charge in [-0.1, -0.05) is 31.0 Å². The van der Waals surface area contributed by atoms with Crippen LogP contribution in [-0.2, 0) is 26.2 Å². The number of carbonyl (C=O) groups is 1. The van der Waals surface area contributed by atoms with Crippen LogP contribution in [0, 0.1) is 23.1 Å². The summed E-state index contributed by atoms with van der Waals surface area (Å²) in [5.74, 6) is -0.869. The number of nitriles is 1. The summed E-state index contributed by atoms with van der Waals surface area (Å²) in [5.41, 5.74) is 0.563. The molecule has 1 N–H and O–H groups in total. The van der Waals surface area contributed by atoms with Crippen LogP contribution in [0.2, 0.25) is 0 Å². The number of carbonyl (C=O) groups excluding carboxylic acids is 1. The molecule has 0 radical (unpaired) electrons. The molecule has 188 valence electrons. The molecular formula is C27H27FN2O5S. The topological polar surface area (TPSA) is 105 Å². The third-order valence-electron chi connectivity index (χ3n) is 6.33. The number of benzene rings is 3.